The molecular weight excluding hydrogens is 399 g/mol. The Bertz CT molecular complexity index is 942. The average Bonchev–Trinajstić information content (AvgIpc) is 3.02. The Hall–Kier alpha value is -2.01. The van der Waals surface area contributed by atoms with Crippen molar-refractivity contribution in [2.75, 3.05) is 38.0 Å². The number of carbonyl (C=O) groups is 1. The molecule has 0 spiro atoms. The SMILES string of the molecule is Cc1cc(NC(=O)CN2CCN(S(=O)(=O)c3ccc(F)c(Cl)c3)CC2)no1. The highest BCUT2D eigenvalue weighted by atomic mass is 35.5. The van der Waals surface area contributed by atoms with Crippen LogP contribution in [0.25, 0.3) is 0 Å². The number of piperazine rings is 1. The predicted octanol–water partition coefficient (Wildman–Crippen LogP) is 1.72. The molecule has 1 aromatic heterocycles. The fraction of sp³-hybridized carbons (Fsp3) is 0.375. The summed E-state index contributed by atoms with van der Waals surface area (Å²) in [6.07, 6.45) is 0. The normalized spacial score (nSPS) is 16.4. The van der Waals surface area contributed by atoms with Crippen LogP contribution in [-0.4, -0.2) is 61.4 Å². The van der Waals surface area contributed by atoms with Gasteiger partial charge in [-0.25, -0.2) is 12.8 Å². The number of nitrogens with one attached hydrogen (secondary N) is 1. The molecule has 1 aliphatic heterocycles. The Morgan fingerprint density at radius 1 is 1.30 bits per heavy atom. The Kier molecular flexibility index (Phi) is 5.80. The molecule has 1 amide bonds. The highest BCUT2D eigenvalue weighted by Gasteiger charge is 2.29. The van der Waals surface area contributed by atoms with Crippen LogP contribution in [0.4, 0.5) is 10.2 Å². The number of amides is 1. The second-order valence-corrected chi connectivity index (χ2v) is 8.47. The topological polar surface area (TPSA) is 95.8 Å². The lowest BCUT2D eigenvalue weighted by Gasteiger charge is -2.33. The van der Waals surface area contributed by atoms with Gasteiger partial charge in [-0.15, -0.1) is 0 Å². The molecule has 0 radical (unpaired) electrons. The second-order valence-electron chi connectivity index (χ2n) is 6.13. The largest absolute Gasteiger partial charge is 0.360 e. The average molecular weight is 417 g/mol. The third-order valence-corrected chi connectivity index (χ3v) is 6.31. The smallest absolute Gasteiger partial charge is 0.243 e. The third kappa shape index (κ3) is 4.64. The van der Waals surface area contributed by atoms with Crippen molar-refractivity contribution >= 4 is 33.3 Å². The molecular formula is C16H18ClFN4O4S. The van der Waals surface area contributed by atoms with E-state index in [1.807, 2.05) is 4.90 Å². The molecule has 0 saturated carbocycles. The molecule has 1 fully saturated rings. The van der Waals surface area contributed by atoms with E-state index in [4.69, 9.17) is 16.1 Å². The van der Waals surface area contributed by atoms with E-state index in [1.54, 1.807) is 13.0 Å². The summed E-state index contributed by atoms with van der Waals surface area (Å²) in [5, 5.41) is 6.07. The van der Waals surface area contributed by atoms with Crippen LogP contribution in [0, 0.1) is 12.7 Å². The van der Waals surface area contributed by atoms with Gasteiger partial charge in [0.1, 0.15) is 11.6 Å². The summed E-state index contributed by atoms with van der Waals surface area (Å²) in [5.74, 6) is -0.00408. The number of rotatable bonds is 5. The van der Waals surface area contributed by atoms with Gasteiger partial charge in [-0.1, -0.05) is 16.8 Å². The number of halogens is 2. The number of sulfonamides is 1. The van der Waals surface area contributed by atoms with Gasteiger partial charge in [-0.2, -0.15) is 4.31 Å². The number of carbonyl (C=O) groups excluding carboxylic acids is 1. The van der Waals surface area contributed by atoms with Crippen LogP contribution in [0.2, 0.25) is 5.02 Å². The molecule has 1 N–H and O–H groups in total. The van der Waals surface area contributed by atoms with E-state index in [0.717, 1.165) is 12.1 Å². The van der Waals surface area contributed by atoms with Crippen LogP contribution < -0.4 is 5.32 Å². The van der Waals surface area contributed by atoms with Gasteiger partial charge >= 0.3 is 0 Å². The molecule has 146 valence electrons. The van der Waals surface area contributed by atoms with E-state index < -0.39 is 15.8 Å². The molecule has 27 heavy (non-hydrogen) atoms. The molecule has 8 nitrogen and oxygen atoms in total. The number of anilines is 1. The lowest BCUT2D eigenvalue weighted by Crippen LogP contribution is -2.50. The lowest BCUT2D eigenvalue weighted by molar-refractivity contribution is -0.117. The van der Waals surface area contributed by atoms with Crippen molar-refractivity contribution in [3.8, 4) is 0 Å². The van der Waals surface area contributed by atoms with E-state index in [2.05, 4.69) is 10.5 Å². The van der Waals surface area contributed by atoms with Crippen LogP contribution in [-0.2, 0) is 14.8 Å². The number of benzene rings is 1. The number of hydrogen-bond acceptors (Lipinski definition) is 6. The monoisotopic (exact) mass is 416 g/mol. The van der Waals surface area contributed by atoms with Crippen LogP contribution in [0.1, 0.15) is 5.76 Å². The van der Waals surface area contributed by atoms with Crippen molar-refractivity contribution in [1.29, 1.82) is 0 Å². The molecule has 1 saturated heterocycles. The van der Waals surface area contributed by atoms with Crippen molar-refractivity contribution in [3.63, 3.8) is 0 Å². The second kappa shape index (κ2) is 7.93. The minimum absolute atomic E-state index is 0.0542. The maximum atomic E-state index is 13.3. The molecule has 11 heteroatoms. The number of nitrogens with zero attached hydrogens (tertiary/aromatic N) is 3. The zero-order valence-electron chi connectivity index (χ0n) is 14.5. The van der Waals surface area contributed by atoms with Gasteiger partial charge in [0, 0.05) is 32.2 Å². The third-order valence-electron chi connectivity index (χ3n) is 4.12. The standard InChI is InChI=1S/C16H18ClFN4O4S/c1-11-8-15(20-26-11)19-16(23)10-21-4-6-22(7-5-21)27(24,25)12-2-3-14(18)13(17)9-12/h2-3,8-9H,4-7,10H2,1H3,(H,19,20,23). The molecule has 0 unspecified atom stereocenters. The molecule has 1 aliphatic rings. The fourth-order valence-corrected chi connectivity index (χ4v) is 4.42. The molecule has 0 aliphatic carbocycles. The first-order chi connectivity index (χ1) is 12.8. The van der Waals surface area contributed by atoms with Gasteiger partial charge in [0.2, 0.25) is 15.9 Å². The van der Waals surface area contributed by atoms with Crippen LogP contribution >= 0.6 is 11.6 Å². The number of aromatic nitrogens is 1. The van der Waals surface area contributed by atoms with Crippen molar-refractivity contribution < 1.29 is 22.1 Å². The summed E-state index contributed by atoms with van der Waals surface area (Å²) in [4.78, 5) is 13.8. The fourth-order valence-electron chi connectivity index (χ4n) is 2.73. The van der Waals surface area contributed by atoms with Crippen LogP contribution in [0.15, 0.2) is 33.7 Å². The first kappa shape index (κ1) is 19.7. The van der Waals surface area contributed by atoms with Gasteiger partial charge in [0.25, 0.3) is 0 Å². The van der Waals surface area contributed by atoms with Gasteiger partial charge < -0.3 is 9.84 Å². The van der Waals surface area contributed by atoms with E-state index in [-0.39, 0.29) is 35.5 Å². The highest BCUT2D eigenvalue weighted by Crippen LogP contribution is 2.23. The summed E-state index contributed by atoms with van der Waals surface area (Å²) in [5.41, 5.74) is 0. The van der Waals surface area contributed by atoms with E-state index in [1.165, 1.54) is 10.4 Å². The minimum Gasteiger partial charge on any atom is -0.360 e. The molecule has 2 aromatic rings. The molecule has 2 heterocycles. The first-order valence-corrected chi connectivity index (χ1v) is 9.98. The Morgan fingerprint density at radius 2 is 2.00 bits per heavy atom. The summed E-state index contributed by atoms with van der Waals surface area (Å²) in [7, 11) is -3.77. The summed E-state index contributed by atoms with van der Waals surface area (Å²) in [6, 6.07) is 4.93. The van der Waals surface area contributed by atoms with E-state index in [0.29, 0.717) is 24.7 Å². The van der Waals surface area contributed by atoms with Gasteiger partial charge in [-0.3, -0.25) is 9.69 Å². The zero-order chi connectivity index (χ0) is 19.6. The molecule has 0 atom stereocenters. The molecule has 0 bridgehead atoms. The maximum Gasteiger partial charge on any atom is 0.243 e. The highest BCUT2D eigenvalue weighted by molar-refractivity contribution is 7.89. The maximum absolute atomic E-state index is 13.3. The number of aryl methyl sites for hydroxylation is 1. The summed E-state index contributed by atoms with van der Waals surface area (Å²) in [6.45, 7) is 3.04. The Morgan fingerprint density at radius 3 is 2.59 bits per heavy atom. The Labute approximate surface area is 160 Å². The minimum atomic E-state index is -3.77. The van der Waals surface area contributed by atoms with E-state index >= 15 is 0 Å². The van der Waals surface area contributed by atoms with Crippen molar-refractivity contribution in [2.24, 2.45) is 0 Å². The Balaban J connectivity index is 1.56. The van der Waals surface area contributed by atoms with Crippen molar-refractivity contribution in [3.05, 3.63) is 40.9 Å². The van der Waals surface area contributed by atoms with Crippen LogP contribution in [0.3, 0.4) is 0 Å². The van der Waals surface area contributed by atoms with Crippen molar-refractivity contribution in [2.45, 2.75) is 11.8 Å². The molecule has 1 aromatic carbocycles. The first-order valence-electron chi connectivity index (χ1n) is 8.16. The predicted molar refractivity (Wildman–Crippen MR) is 96.5 cm³/mol. The van der Waals surface area contributed by atoms with E-state index in [9.17, 15) is 17.6 Å². The number of hydrogen-bond donors (Lipinski definition) is 1. The van der Waals surface area contributed by atoms with Gasteiger partial charge in [-0.05, 0) is 25.1 Å². The van der Waals surface area contributed by atoms with Gasteiger partial charge in [0.05, 0.1) is 16.5 Å². The zero-order valence-corrected chi connectivity index (χ0v) is 16.1. The van der Waals surface area contributed by atoms with Gasteiger partial charge in [0.15, 0.2) is 5.82 Å². The quantitative estimate of drug-likeness (QED) is 0.797. The summed E-state index contributed by atoms with van der Waals surface area (Å²) >= 11 is 5.68. The molecule has 3 rings (SSSR count). The lowest BCUT2D eigenvalue weighted by atomic mass is 10.3. The van der Waals surface area contributed by atoms with Crippen LogP contribution in [0.5, 0.6) is 0 Å². The summed E-state index contributed by atoms with van der Waals surface area (Å²) < 4.78 is 44.7. The van der Waals surface area contributed by atoms with Crippen molar-refractivity contribution in [1.82, 2.24) is 14.4 Å².